The third-order valence-corrected chi connectivity index (χ3v) is 3.63. The predicted octanol–water partition coefficient (Wildman–Crippen LogP) is 3.48. The van der Waals surface area contributed by atoms with Crippen molar-refractivity contribution in [3.8, 4) is 22.7 Å². The maximum atomic E-state index is 13.1. The largest absolute Gasteiger partial charge is 0.508 e. The van der Waals surface area contributed by atoms with Gasteiger partial charge in [-0.05, 0) is 61.0 Å². The molecule has 3 rings (SSSR count). The Morgan fingerprint density at radius 3 is 2.19 bits per heavy atom. The van der Waals surface area contributed by atoms with Crippen LogP contribution in [0.2, 0.25) is 0 Å². The average Bonchev–Trinajstić information content (AvgIpc) is 3.04. The molecule has 3 N–H and O–H groups in total. The summed E-state index contributed by atoms with van der Waals surface area (Å²) in [5, 5.41) is 13.3. The Bertz CT molecular complexity index is 979. The number of rotatable bonds is 2. The van der Waals surface area contributed by atoms with E-state index in [-0.39, 0.29) is 11.4 Å². The molecule has 10 heteroatoms. The topological polar surface area (TPSA) is 98.2 Å². The second-order valence-electron chi connectivity index (χ2n) is 5.49. The Kier molecular flexibility index (Phi) is 6.01. The molecule has 0 radical (unpaired) electrons. The molecular formula is C17H14F3N3O3S. The zero-order valence-corrected chi connectivity index (χ0v) is 14.7. The van der Waals surface area contributed by atoms with Crippen LogP contribution in [0.1, 0.15) is 11.3 Å². The lowest BCUT2D eigenvalue weighted by molar-refractivity contribution is -0.141. The van der Waals surface area contributed by atoms with Gasteiger partial charge < -0.3 is 10.8 Å². The van der Waals surface area contributed by atoms with Gasteiger partial charge in [-0.25, -0.2) is 4.68 Å². The maximum absolute atomic E-state index is 13.1. The third kappa shape index (κ3) is 4.73. The number of aromatic hydroxyl groups is 1. The van der Waals surface area contributed by atoms with Crippen molar-refractivity contribution >= 4 is 17.3 Å². The summed E-state index contributed by atoms with van der Waals surface area (Å²) in [7, 11) is 0. The fourth-order valence-electron chi connectivity index (χ4n) is 2.35. The van der Waals surface area contributed by atoms with Crippen molar-refractivity contribution in [2.24, 2.45) is 0 Å². The smallest absolute Gasteiger partial charge is 0.435 e. The number of hydrogen-bond donors (Lipinski definition) is 2. The first kappa shape index (κ1) is 20.2. The molecule has 0 bridgehead atoms. The Morgan fingerprint density at radius 1 is 1.07 bits per heavy atom. The van der Waals surface area contributed by atoms with Crippen LogP contribution >= 0.6 is 0 Å². The molecule has 1 heterocycles. The van der Waals surface area contributed by atoms with Crippen LogP contribution in [0.25, 0.3) is 16.9 Å². The van der Waals surface area contributed by atoms with E-state index in [1.165, 1.54) is 10.7 Å². The van der Waals surface area contributed by atoms with Gasteiger partial charge >= 0.3 is 17.7 Å². The van der Waals surface area contributed by atoms with E-state index >= 15 is 0 Å². The van der Waals surface area contributed by atoms with Crippen molar-refractivity contribution in [1.82, 2.24) is 9.78 Å². The molecule has 0 unspecified atom stereocenters. The number of phenolic OH excluding ortho intramolecular Hbond substituents is 1. The van der Waals surface area contributed by atoms with E-state index in [1.807, 2.05) is 0 Å². The number of nitrogens with zero attached hydrogens (tertiary/aromatic N) is 2. The summed E-state index contributed by atoms with van der Waals surface area (Å²) in [6.45, 7) is 1.67. The minimum absolute atomic E-state index is 0.0772. The summed E-state index contributed by atoms with van der Waals surface area (Å²) in [6, 6.07) is 12.0. The molecule has 0 amide bonds. The number of benzene rings is 2. The number of aryl methyl sites for hydroxylation is 1. The number of anilines is 1. The van der Waals surface area contributed by atoms with E-state index in [0.29, 0.717) is 22.5 Å². The number of halogens is 3. The fourth-order valence-corrected chi connectivity index (χ4v) is 2.35. The zero-order valence-electron chi connectivity index (χ0n) is 13.9. The molecule has 0 aliphatic heterocycles. The Balaban J connectivity index is 0.000000817. The highest BCUT2D eigenvalue weighted by Gasteiger charge is 2.35. The number of aromatic nitrogens is 2. The van der Waals surface area contributed by atoms with E-state index in [0.717, 1.165) is 6.07 Å². The minimum atomic E-state index is -4.56. The van der Waals surface area contributed by atoms with Crippen molar-refractivity contribution in [2.75, 3.05) is 5.73 Å². The van der Waals surface area contributed by atoms with Crippen LogP contribution in [-0.2, 0) is 17.7 Å². The number of nitrogen functional groups attached to an aromatic ring is 1. The van der Waals surface area contributed by atoms with E-state index in [2.05, 4.69) is 5.10 Å². The van der Waals surface area contributed by atoms with Gasteiger partial charge in [-0.2, -0.15) is 26.7 Å². The average molecular weight is 397 g/mol. The first-order valence-electron chi connectivity index (χ1n) is 7.42. The van der Waals surface area contributed by atoms with E-state index < -0.39 is 23.4 Å². The molecule has 0 atom stereocenters. The molecule has 142 valence electrons. The second kappa shape index (κ2) is 8.04. The van der Waals surface area contributed by atoms with Gasteiger partial charge in [0.2, 0.25) is 0 Å². The van der Waals surface area contributed by atoms with Crippen molar-refractivity contribution in [3.63, 3.8) is 0 Å². The Labute approximate surface area is 155 Å². The minimum Gasteiger partial charge on any atom is -0.508 e. The van der Waals surface area contributed by atoms with Gasteiger partial charge in [0.15, 0.2) is 5.69 Å². The van der Waals surface area contributed by atoms with Gasteiger partial charge in [-0.3, -0.25) is 0 Å². The van der Waals surface area contributed by atoms with Crippen molar-refractivity contribution < 1.29 is 26.7 Å². The fraction of sp³-hybridized carbons (Fsp3) is 0.118. The van der Waals surface area contributed by atoms with Crippen LogP contribution in [0.3, 0.4) is 0 Å². The summed E-state index contributed by atoms with van der Waals surface area (Å²) in [5.41, 5.74) is 6.96. The highest BCUT2D eigenvalue weighted by molar-refractivity contribution is 7.51. The second-order valence-corrected chi connectivity index (χ2v) is 5.62. The molecule has 0 spiro atoms. The van der Waals surface area contributed by atoms with E-state index in [9.17, 15) is 18.3 Å². The summed E-state index contributed by atoms with van der Waals surface area (Å²) < 4.78 is 57.1. The molecule has 0 aliphatic carbocycles. The summed E-state index contributed by atoms with van der Waals surface area (Å²) in [4.78, 5) is 0. The number of hydrogen-bond acceptors (Lipinski definition) is 5. The molecular weight excluding hydrogens is 383 g/mol. The van der Waals surface area contributed by atoms with Crippen LogP contribution in [0.4, 0.5) is 18.9 Å². The summed E-state index contributed by atoms with van der Waals surface area (Å²) in [5.74, 6) is 0.0772. The highest BCUT2D eigenvalue weighted by atomic mass is 32.1. The highest BCUT2D eigenvalue weighted by Crippen LogP contribution is 2.34. The lowest BCUT2D eigenvalue weighted by Gasteiger charge is -2.09. The van der Waals surface area contributed by atoms with Crippen LogP contribution < -0.4 is 5.73 Å². The first-order chi connectivity index (χ1) is 12.7. The van der Waals surface area contributed by atoms with Crippen LogP contribution in [0.5, 0.6) is 5.75 Å². The van der Waals surface area contributed by atoms with Crippen molar-refractivity contribution in [1.29, 1.82) is 0 Å². The lowest BCUT2D eigenvalue weighted by atomic mass is 10.1. The number of nitrogens with two attached hydrogens (primary N) is 1. The SMILES string of the molecule is Cc1cc(-c2cc(C(F)(F)F)nn2-c2ccc(N)cc2)ccc1O.O=S=O. The first-order valence-corrected chi connectivity index (χ1v) is 8.09. The molecule has 0 saturated heterocycles. The monoisotopic (exact) mass is 397 g/mol. The lowest BCUT2D eigenvalue weighted by Crippen LogP contribution is -2.07. The van der Waals surface area contributed by atoms with E-state index in [4.69, 9.17) is 14.2 Å². The standard InChI is InChI=1S/C17H14F3N3O.O2S/c1-10-8-11(2-7-15(10)24)14-9-16(17(18,19)20)22-23(14)13-5-3-12(21)4-6-13;1-3-2/h2-9,24H,21H2,1H3;. The molecule has 0 fully saturated rings. The van der Waals surface area contributed by atoms with Crippen LogP contribution in [0.15, 0.2) is 48.5 Å². The van der Waals surface area contributed by atoms with Crippen LogP contribution in [-0.4, -0.2) is 23.3 Å². The van der Waals surface area contributed by atoms with Crippen LogP contribution in [0, 0.1) is 6.92 Å². The van der Waals surface area contributed by atoms with Gasteiger partial charge in [-0.1, -0.05) is 0 Å². The maximum Gasteiger partial charge on any atom is 0.435 e. The van der Waals surface area contributed by atoms with Gasteiger partial charge in [0, 0.05) is 11.3 Å². The Hall–Kier alpha value is -3.14. The normalized spacial score (nSPS) is 10.8. The number of phenols is 1. The molecule has 0 saturated carbocycles. The zero-order chi connectivity index (χ0) is 20.2. The third-order valence-electron chi connectivity index (χ3n) is 3.63. The van der Waals surface area contributed by atoms with Crippen molar-refractivity contribution in [3.05, 3.63) is 59.8 Å². The Morgan fingerprint density at radius 2 is 1.67 bits per heavy atom. The molecule has 1 aromatic heterocycles. The van der Waals surface area contributed by atoms with E-state index in [1.54, 1.807) is 43.3 Å². The van der Waals surface area contributed by atoms with Gasteiger partial charge in [-0.15, -0.1) is 0 Å². The quantitative estimate of drug-likeness (QED) is 0.645. The van der Waals surface area contributed by atoms with Gasteiger partial charge in [0.1, 0.15) is 5.75 Å². The number of alkyl halides is 3. The van der Waals surface area contributed by atoms with Gasteiger partial charge in [0.05, 0.1) is 11.4 Å². The molecule has 6 nitrogen and oxygen atoms in total. The predicted molar refractivity (Wildman–Crippen MR) is 93.7 cm³/mol. The molecule has 2 aromatic carbocycles. The summed E-state index contributed by atoms with van der Waals surface area (Å²) >= 11 is -0.750. The molecule has 0 aliphatic rings. The molecule has 27 heavy (non-hydrogen) atoms. The molecule has 3 aromatic rings. The van der Waals surface area contributed by atoms with Gasteiger partial charge in [0.25, 0.3) is 0 Å². The summed E-state index contributed by atoms with van der Waals surface area (Å²) in [6.07, 6.45) is -4.56. The van der Waals surface area contributed by atoms with Crippen molar-refractivity contribution in [2.45, 2.75) is 13.1 Å².